The second-order valence-electron chi connectivity index (χ2n) is 8.23. The summed E-state index contributed by atoms with van der Waals surface area (Å²) in [5, 5.41) is 4.63. The monoisotopic (exact) mass is 415 g/mol. The highest BCUT2D eigenvalue weighted by Crippen LogP contribution is 2.31. The van der Waals surface area contributed by atoms with E-state index in [0.717, 1.165) is 72.1 Å². The maximum absolute atomic E-state index is 4.85. The van der Waals surface area contributed by atoms with Gasteiger partial charge in [-0.15, -0.1) is 0 Å². The second-order valence-corrected chi connectivity index (χ2v) is 9.24. The van der Waals surface area contributed by atoms with E-state index in [1.807, 2.05) is 6.20 Å². The first kappa shape index (κ1) is 20.5. The van der Waals surface area contributed by atoms with E-state index in [0.29, 0.717) is 0 Å². The summed E-state index contributed by atoms with van der Waals surface area (Å²) in [7, 11) is 2.17. The summed E-state index contributed by atoms with van der Waals surface area (Å²) in [6.07, 6.45) is 5.78. The van der Waals surface area contributed by atoms with Crippen LogP contribution >= 0.6 is 11.3 Å². The van der Waals surface area contributed by atoms with Gasteiger partial charge >= 0.3 is 0 Å². The van der Waals surface area contributed by atoms with E-state index in [4.69, 9.17) is 9.97 Å². The number of aryl methyl sites for hydroxylation is 1. The lowest BCUT2D eigenvalue weighted by Gasteiger charge is -2.32. The van der Waals surface area contributed by atoms with Crippen molar-refractivity contribution in [3.05, 3.63) is 17.5 Å². The summed E-state index contributed by atoms with van der Waals surface area (Å²) >= 11 is 1.70. The largest absolute Gasteiger partial charge is 0.370 e. The quantitative estimate of drug-likeness (QED) is 0.698. The Morgan fingerprint density at radius 2 is 1.79 bits per heavy atom. The lowest BCUT2D eigenvalue weighted by molar-refractivity contribution is 0.313. The van der Waals surface area contributed by atoms with Gasteiger partial charge in [0.1, 0.15) is 5.82 Å². The predicted molar refractivity (Wildman–Crippen MR) is 121 cm³/mol. The molecular weight excluding hydrogens is 382 g/mol. The van der Waals surface area contributed by atoms with Crippen molar-refractivity contribution >= 4 is 22.3 Å². The van der Waals surface area contributed by atoms with Crippen molar-refractivity contribution in [3.8, 4) is 10.7 Å². The molecule has 4 heterocycles. The van der Waals surface area contributed by atoms with Crippen molar-refractivity contribution in [1.82, 2.24) is 24.8 Å². The maximum atomic E-state index is 4.85. The van der Waals surface area contributed by atoms with Gasteiger partial charge in [0.05, 0.1) is 11.1 Å². The molecule has 29 heavy (non-hydrogen) atoms. The molecule has 158 valence electrons. The molecule has 8 heteroatoms. The van der Waals surface area contributed by atoms with Gasteiger partial charge in [-0.3, -0.25) is 0 Å². The topological polar surface area (TPSA) is 60.4 Å². The first-order valence-corrected chi connectivity index (χ1v) is 11.6. The van der Waals surface area contributed by atoms with E-state index in [1.54, 1.807) is 11.3 Å². The Kier molecular flexibility index (Phi) is 6.62. The minimum atomic E-state index is 0.785. The molecule has 0 radical (unpaired) electrons. The highest BCUT2D eigenvalue weighted by molar-refractivity contribution is 7.18. The van der Waals surface area contributed by atoms with Crippen LogP contribution in [0.15, 0.2) is 6.20 Å². The zero-order valence-electron chi connectivity index (χ0n) is 17.9. The number of nitrogens with one attached hydrogen (secondary N) is 1. The molecule has 0 aromatic carbocycles. The van der Waals surface area contributed by atoms with Gasteiger partial charge in [0.2, 0.25) is 0 Å². The van der Waals surface area contributed by atoms with Crippen molar-refractivity contribution in [2.24, 2.45) is 0 Å². The fraction of sp³-hybridized carbons (Fsp3) is 0.667. The number of piperazine rings is 1. The Hall–Kier alpha value is -1.77. The van der Waals surface area contributed by atoms with E-state index in [-0.39, 0.29) is 0 Å². The number of nitrogens with zero attached hydrogens (tertiary/aromatic N) is 6. The Labute approximate surface area is 178 Å². The zero-order chi connectivity index (χ0) is 20.2. The lowest BCUT2D eigenvalue weighted by Crippen LogP contribution is -2.44. The third-order valence-corrected chi connectivity index (χ3v) is 7.07. The number of rotatable bonds is 7. The first-order chi connectivity index (χ1) is 14.1. The van der Waals surface area contributed by atoms with E-state index >= 15 is 0 Å². The number of hydrogen-bond donors (Lipinski definition) is 1. The zero-order valence-corrected chi connectivity index (χ0v) is 18.8. The third kappa shape index (κ3) is 5.05. The molecule has 0 saturated carbocycles. The Balaban J connectivity index is 1.41. The summed E-state index contributed by atoms with van der Waals surface area (Å²) in [4.78, 5) is 22.6. The Morgan fingerprint density at radius 3 is 2.55 bits per heavy atom. The summed E-state index contributed by atoms with van der Waals surface area (Å²) in [6.45, 7) is 13.0. The van der Waals surface area contributed by atoms with E-state index < -0.39 is 0 Å². The van der Waals surface area contributed by atoms with Gasteiger partial charge in [0, 0.05) is 44.0 Å². The van der Waals surface area contributed by atoms with Crippen LogP contribution in [0.5, 0.6) is 0 Å². The molecule has 1 N–H and O–H groups in total. The van der Waals surface area contributed by atoms with Gasteiger partial charge in [-0.2, -0.15) is 0 Å². The SMILES string of the molecule is Cc1nc(-c2cnc(N3CCN(C)CC3)s2)nc(NCCCN2CCCC2)c1C. The van der Waals surface area contributed by atoms with E-state index in [2.05, 4.69) is 45.9 Å². The van der Waals surface area contributed by atoms with Gasteiger partial charge in [-0.05, 0) is 59.8 Å². The van der Waals surface area contributed by atoms with Crippen molar-refractivity contribution in [2.75, 3.05) is 69.6 Å². The molecule has 2 aromatic rings. The average Bonchev–Trinajstić information content (AvgIpc) is 3.41. The first-order valence-electron chi connectivity index (χ1n) is 10.8. The molecular formula is C21H33N7S. The number of thiazole rings is 1. The lowest BCUT2D eigenvalue weighted by atomic mass is 10.2. The Bertz CT molecular complexity index is 807. The van der Waals surface area contributed by atoms with Gasteiger partial charge in [0.25, 0.3) is 0 Å². The third-order valence-electron chi connectivity index (χ3n) is 6.02. The molecule has 0 atom stereocenters. The number of aromatic nitrogens is 3. The van der Waals surface area contributed by atoms with Gasteiger partial charge in [-0.25, -0.2) is 15.0 Å². The highest BCUT2D eigenvalue weighted by atomic mass is 32.1. The van der Waals surface area contributed by atoms with Crippen LogP contribution in [0.2, 0.25) is 0 Å². The molecule has 2 aliphatic heterocycles. The normalized spacial score (nSPS) is 18.5. The standard InChI is InChI=1S/C21H33N7S/c1-16-17(2)24-20(25-19(16)22-7-6-10-27-8-4-5-9-27)18-15-23-21(29-18)28-13-11-26(3)12-14-28/h15H,4-14H2,1-3H3,(H,22,24,25). The molecule has 2 aliphatic rings. The van der Waals surface area contributed by atoms with Crippen molar-refractivity contribution < 1.29 is 0 Å². The minimum Gasteiger partial charge on any atom is -0.370 e. The molecule has 0 unspecified atom stereocenters. The average molecular weight is 416 g/mol. The van der Waals surface area contributed by atoms with Gasteiger partial charge < -0.3 is 20.0 Å². The molecule has 2 fully saturated rings. The van der Waals surface area contributed by atoms with Gasteiger partial charge in [0.15, 0.2) is 11.0 Å². The molecule has 2 aromatic heterocycles. The molecule has 0 spiro atoms. The molecule has 4 rings (SSSR count). The van der Waals surface area contributed by atoms with Crippen molar-refractivity contribution in [3.63, 3.8) is 0 Å². The van der Waals surface area contributed by atoms with Crippen LogP contribution in [0.4, 0.5) is 10.9 Å². The molecule has 0 aliphatic carbocycles. The summed E-state index contributed by atoms with van der Waals surface area (Å²) in [5.41, 5.74) is 2.17. The maximum Gasteiger partial charge on any atom is 0.186 e. The highest BCUT2D eigenvalue weighted by Gasteiger charge is 2.19. The van der Waals surface area contributed by atoms with Crippen LogP contribution in [0.3, 0.4) is 0 Å². The summed E-state index contributed by atoms with van der Waals surface area (Å²) in [6, 6.07) is 0. The fourth-order valence-electron chi connectivity index (χ4n) is 3.94. The fourth-order valence-corrected chi connectivity index (χ4v) is 4.84. The summed E-state index contributed by atoms with van der Waals surface area (Å²) < 4.78 is 0. The number of hydrogen-bond acceptors (Lipinski definition) is 8. The van der Waals surface area contributed by atoms with Crippen molar-refractivity contribution in [2.45, 2.75) is 33.1 Å². The Morgan fingerprint density at radius 1 is 1.03 bits per heavy atom. The molecule has 7 nitrogen and oxygen atoms in total. The smallest absolute Gasteiger partial charge is 0.186 e. The predicted octanol–water partition coefficient (Wildman–Crippen LogP) is 2.87. The minimum absolute atomic E-state index is 0.785. The van der Waals surface area contributed by atoms with Crippen LogP contribution in [0.1, 0.15) is 30.5 Å². The van der Waals surface area contributed by atoms with Crippen LogP contribution < -0.4 is 10.2 Å². The van der Waals surface area contributed by atoms with Crippen LogP contribution in [-0.4, -0.2) is 84.2 Å². The van der Waals surface area contributed by atoms with E-state index in [1.165, 1.54) is 32.5 Å². The molecule has 0 bridgehead atoms. The van der Waals surface area contributed by atoms with Gasteiger partial charge in [-0.1, -0.05) is 11.3 Å². The number of anilines is 2. The van der Waals surface area contributed by atoms with Crippen molar-refractivity contribution in [1.29, 1.82) is 0 Å². The second kappa shape index (κ2) is 9.36. The molecule has 0 amide bonds. The molecule has 2 saturated heterocycles. The summed E-state index contributed by atoms with van der Waals surface area (Å²) in [5.74, 6) is 1.75. The van der Waals surface area contributed by atoms with Crippen LogP contribution in [-0.2, 0) is 0 Å². The van der Waals surface area contributed by atoms with E-state index in [9.17, 15) is 0 Å². The number of likely N-dealkylation sites (N-methyl/N-ethyl adjacent to an activating group) is 1. The van der Waals surface area contributed by atoms with Crippen LogP contribution in [0, 0.1) is 13.8 Å². The van der Waals surface area contributed by atoms with Crippen LogP contribution in [0.25, 0.3) is 10.7 Å². The number of likely N-dealkylation sites (tertiary alicyclic amines) is 1.